The molecule has 0 aromatic heterocycles. The second-order valence-corrected chi connectivity index (χ2v) is 4.66. The average molecular weight is 283 g/mol. The molecule has 1 heterocycles. The number of allylic oxidation sites excluding steroid dienone is 1. The highest BCUT2D eigenvalue weighted by Gasteiger charge is 2.32. The van der Waals surface area contributed by atoms with Crippen LogP contribution in [0.25, 0.3) is 0 Å². The number of likely N-dealkylation sites (tertiary alicyclic amines) is 1. The first-order valence-corrected chi connectivity index (χ1v) is 6.48. The first kappa shape index (κ1) is 16.2. The van der Waals surface area contributed by atoms with Crippen LogP contribution in [0.1, 0.15) is 12.8 Å². The van der Waals surface area contributed by atoms with Crippen molar-refractivity contribution in [1.29, 1.82) is 0 Å². The number of carbonyl (C=O) groups excluding carboxylic acids is 1. The van der Waals surface area contributed by atoms with E-state index in [2.05, 4.69) is 6.58 Å². The van der Waals surface area contributed by atoms with E-state index < -0.39 is 12.3 Å². The molecule has 0 radical (unpaired) electrons. The number of alkyl halides is 1. The maximum absolute atomic E-state index is 13.8. The van der Waals surface area contributed by atoms with Crippen LogP contribution in [0.5, 0.6) is 0 Å². The summed E-state index contributed by atoms with van der Waals surface area (Å²) in [5.41, 5.74) is 11.9. The molecule has 0 bridgehead atoms. The van der Waals surface area contributed by atoms with Crippen LogP contribution in [0, 0.1) is 0 Å². The van der Waals surface area contributed by atoms with E-state index >= 15 is 0 Å². The van der Waals surface area contributed by atoms with Gasteiger partial charge in [0, 0.05) is 32.0 Å². The van der Waals surface area contributed by atoms with E-state index in [-0.39, 0.29) is 18.0 Å². The first-order valence-electron chi connectivity index (χ1n) is 6.48. The topological polar surface area (TPSA) is 81.6 Å². The molecule has 6 heteroatoms. The van der Waals surface area contributed by atoms with Gasteiger partial charge in [0.1, 0.15) is 6.17 Å². The van der Waals surface area contributed by atoms with E-state index in [0.29, 0.717) is 25.1 Å². The summed E-state index contributed by atoms with van der Waals surface area (Å²) in [5.74, 6) is -0.322. The minimum Gasteiger partial charge on any atom is -0.404 e. The van der Waals surface area contributed by atoms with Crippen LogP contribution in [0.15, 0.2) is 36.2 Å². The van der Waals surface area contributed by atoms with E-state index in [9.17, 15) is 9.18 Å². The molecule has 1 aliphatic heterocycles. The Morgan fingerprint density at radius 3 is 2.80 bits per heavy atom. The van der Waals surface area contributed by atoms with Crippen molar-refractivity contribution in [3.05, 3.63) is 36.2 Å². The minimum atomic E-state index is -1.19. The second kappa shape index (κ2) is 7.69. The lowest BCUT2D eigenvalue weighted by Gasteiger charge is -2.34. The van der Waals surface area contributed by atoms with Crippen LogP contribution in [0.4, 0.5) is 4.39 Å². The number of piperidine rings is 1. The molecule has 0 saturated carbocycles. The number of ether oxygens (including phenoxy) is 1. The molecule has 1 unspecified atom stereocenters. The van der Waals surface area contributed by atoms with Crippen molar-refractivity contribution in [2.45, 2.75) is 25.1 Å². The van der Waals surface area contributed by atoms with E-state index in [1.807, 2.05) is 0 Å². The van der Waals surface area contributed by atoms with Crippen molar-refractivity contribution >= 4 is 5.91 Å². The van der Waals surface area contributed by atoms with Crippen LogP contribution >= 0.6 is 0 Å². The van der Waals surface area contributed by atoms with Gasteiger partial charge in [0.25, 0.3) is 5.91 Å². The Morgan fingerprint density at radius 2 is 2.30 bits per heavy atom. The number of hydrogen-bond donors (Lipinski definition) is 2. The molecular formula is C14H22FN3O2. The van der Waals surface area contributed by atoms with Crippen molar-refractivity contribution in [3.8, 4) is 0 Å². The van der Waals surface area contributed by atoms with Gasteiger partial charge in [-0.15, -0.1) is 6.58 Å². The number of carbonyl (C=O) groups is 1. The van der Waals surface area contributed by atoms with Gasteiger partial charge in [0.2, 0.25) is 0 Å². The lowest BCUT2D eigenvalue weighted by atomic mass is 10.0. The molecule has 0 spiro atoms. The fourth-order valence-electron chi connectivity index (χ4n) is 2.12. The van der Waals surface area contributed by atoms with E-state index in [1.54, 1.807) is 6.08 Å². The van der Waals surface area contributed by atoms with E-state index in [4.69, 9.17) is 16.2 Å². The minimum absolute atomic E-state index is 0.00385. The van der Waals surface area contributed by atoms with Crippen LogP contribution in [0.2, 0.25) is 0 Å². The SMILES string of the molecule is C=CC/C(N)=C/C(=C/N)C(=O)N1CC[C@H](OC)C(F)C1. The van der Waals surface area contributed by atoms with Crippen molar-refractivity contribution in [1.82, 2.24) is 4.90 Å². The molecule has 0 aromatic rings. The lowest BCUT2D eigenvalue weighted by Crippen LogP contribution is -2.48. The van der Waals surface area contributed by atoms with Crippen LogP contribution in [-0.2, 0) is 9.53 Å². The Hall–Kier alpha value is -1.82. The molecule has 2 atom stereocenters. The Morgan fingerprint density at radius 1 is 1.60 bits per heavy atom. The lowest BCUT2D eigenvalue weighted by molar-refractivity contribution is -0.131. The molecule has 1 amide bonds. The summed E-state index contributed by atoms with van der Waals surface area (Å²) in [6, 6.07) is 0. The fourth-order valence-corrected chi connectivity index (χ4v) is 2.12. The molecule has 4 N–H and O–H groups in total. The largest absolute Gasteiger partial charge is 0.404 e. The number of methoxy groups -OCH3 is 1. The van der Waals surface area contributed by atoms with Gasteiger partial charge in [0.05, 0.1) is 18.2 Å². The van der Waals surface area contributed by atoms with Crippen molar-refractivity contribution < 1.29 is 13.9 Å². The Labute approximate surface area is 118 Å². The van der Waals surface area contributed by atoms with Gasteiger partial charge < -0.3 is 21.1 Å². The summed E-state index contributed by atoms with van der Waals surface area (Å²) in [7, 11) is 1.47. The highest BCUT2D eigenvalue weighted by Crippen LogP contribution is 2.19. The average Bonchev–Trinajstić information content (AvgIpc) is 2.44. The fraction of sp³-hybridized carbons (Fsp3) is 0.500. The molecule has 1 fully saturated rings. The van der Waals surface area contributed by atoms with Gasteiger partial charge in [-0.3, -0.25) is 4.79 Å². The van der Waals surface area contributed by atoms with Gasteiger partial charge >= 0.3 is 0 Å². The highest BCUT2D eigenvalue weighted by atomic mass is 19.1. The Bertz CT molecular complexity index is 421. The molecule has 112 valence electrons. The van der Waals surface area contributed by atoms with Gasteiger partial charge in [-0.1, -0.05) is 6.08 Å². The normalized spacial score (nSPS) is 24.6. The standard InChI is InChI=1S/C14H22FN3O2/c1-3-4-11(17)7-10(8-16)14(19)18-6-5-13(20-2)12(15)9-18/h3,7-8,12-13H,1,4-6,9,16-17H2,2H3/b10-8-,11-7-/t12?,13-/m0/s1. The summed E-state index contributed by atoms with van der Waals surface area (Å²) in [6.07, 6.45) is 3.60. The highest BCUT2D eigenvalue weighted by molar-refractivity contribution is 5.96. The smallest absolute Gasteiger partial charge is 0.255 e. The monoisotopic (exact) mass is 283 g/mol. The third kappa shape index (κ3) is 4.09. The van der Waals surface area contributed by atoms with Crippen molar-refractivity contribution in [2.24, 2.45) is 11.5 Å². The Kier molecular flexibility index (Phi) is 6.24. The van der Waals surface area contributed by atoms with Gasteiger partial charge in [-0.2, -0.15) is 0 Å². The molecule has 1 saturated heterocycles. The molecular weight excluding hydrogens is 261 g/mol. The second-order valence-electron chi connectivity index (χ2n) is 4.66. The number of rotatable bonds is 5. The maximum atomic E-state index is 13.8. The van der Waals surface area contributed by atoms with Crippen molar-refractivity contribution in [2.75, 3.05) is 20.2 Å². The summed E-state index contributed by atoms with van der Waals surface area (Å²) in [4.78, 5) is 13.7. The summed E-state index contributed by atoms with van der Waals surface area (Å²) in [5, 5.41) is 0. The number of nitrogens with two attached hydrogens (primary N) is 2. The number of halogens is 1. The maximum Gasteiger partial charge on any atom is 0.255 e. The molecule has 1 aliphatic rings. The number of amides is 1. The molecule has 5 nitrogen and oxygen atoms in total. The summed E-state index contributed by atoms with van der Waals surface area (Å²) < 4.78 is 18.8. The summed E-state index contributed by atoms with van der Waals surface area (Å²) >= 11 is 0. The first-order chi connectivity index (χ1) is 9.53. The van der Waals surface area contributed by atoms with Crippen LogP contribution in [0.3, 0.4) is 0 Å². The predicted molar refractivity (Wildman–Crippen MR) is 76.2 cm³/mol. The number of hydrogen-bond acceptors (Lipinski definition) is 4. The Balaban J connectivity index is 2.74. The quantitative estimate of drug-likeness (QED) is 0.445. The summed E-state index contributed by atoms with van der Waals surface area (Å²) in [6.45, 7) is 4.00. The van der Waals surface area contributed by atoms with Gasteiger partial charge in [-0.25, -0.2) is 4.39 Å². The van der Waals surface area contributed by atoms with Gasteiger partial charge in [0.15, 0.2) is 0 Å². The zero-order valence-corrected chi connectivity index (χ0v) is 11.7. The molecule has 20 heavy (non-hydrogen) atoms. The third-order valence-corrected chi connectivity index (χ3v) is 3.22. The molecule has 0 aliphatic carbocycles. The zero-order chi connectivity index (χ0) is 15.1. The van der Waals surface area contributed by atoms with E-state index in [1.165, 1.54) is 24.3 Å². The molecule has 1 rings (SSSR count). The zero-order valence-electron chi connectivity index (χ0n) is 11.7. The van der Waals surface area contributed by atoms with Gasteiger partial charge in [-0.05, 0) is 12.5 Å². The number of nitrogens with zero attached hydrogens (tertiary/aromatic N) is 1. The van der Waals surface area contributed by atoms with Crippen molar-refractivity contribution in [3.63, 3.8) is 0 Å². The van der Waals surface area contributed by atoms with Crippen LogP contribution < -0.4 is 11.5 Å². The predicted octanol–water partition coefficient (Wildman–Crippen LogP) is 0.833. The molecule has 0 aromatic carbocycles. The third-order valence-electron chi connectivity index (χ3n) is 3.22. The van der Waals surface area contributed by atoms with E-state index in [0.717, 1.165) is 0 Å². The van der Waals surface area contributed by atoms with Crippen LogP contribution in [-0.4, -0.2) is 43.3 Å².